The lowest BCUT2D eigenvalue weighted by molar-refractivity contribution is -0.383. The van der Waals surface area contributed by atoms with E-state index >= 15 is 0 Å². The lowest BCUT2D eigenvalue weighted by Gasteiger charge is -2.16. The SMILES string of the molecule is COc1cc([N+](=O)[O-])c2nccc(C)c2c1Nc1cccc(C(F)(F)F)c1. The van der Waals surface area contributed by atoms with E-state index in [0.717, 1.165) is 12.1 Å². The maximum absolute atomic E-state index is 13.0. The fraction of sp³-hybridized carbons (Fsp3) is 0.167. The summed E-state index contributed by atoms with van der Waals surface area (Å²) in [5.74, 6) is 0.128. The van der Waals surface area contributed by atoms with Crippen LogP contribution >= 0.6 is 0 Å². The smallest absolute Gasteiger partial charge is 0.416 e. The van der Waals surface area contributed by atoms with Crippen molar-refractivity contribution in [2.45, 2.75) is 13.1 Å². The number of nitrogens with zero attached hydrogens (tertiary/aromatic N) is 2. The fourth-order valence-electron chi connectivity index (χ4n) is 2.80. The number of nitro groups is 1. The molecule has 0 aliphatic carbocycles. The highest BCUT2D eigenvalue weighted by atomic mass is 19.4. The maximum Gasteiger partial charge on any atom is 0.416 e. The van der Waals surface area contributed by atoms with E-state index in [1.807, 2.05) is 0 Å². The Hall–Kier alpha value is -3.36. The number of hydrogen-bond acceptors (Lipinski definition) is 5. The minimum absolute atomic E-state index is 0.121. The number of non-ortho nitro benzene ring substituents is 1. The third-order valence-electron chi connectivity index (χ3n) is 4.04. The Morgan fingerprint density at radius 1 is 1.22 bits per heavy atom. The second kappa shape index (κ2) is 6.75. The molecular formula is C18H14F3N3O3. The Bertz CT molecular complexity index is 1040. The largest absolute Gasteiger partial charge is 0.494 e. The van der Waals surface area contributed by atoms with Crippen molar-refractivity contribution in [3.8, 4) is 5.75 Å². The summed E-state index contributed by atoms with van der Waals surface area (Å²) in [6.07, 6.45) is -3.05. The van der Waals surface area contributed by atoms with Gasteiger partial charge in [0.05, 0.1) is 29.4 Å². The molecule has 0 amide bonds. The van der Waals surface area contributed by atoms with Crippen LogP contribution < -0.4 is 10.1 Å². The molecule has 3 rings (SSSR count). The van der Waals surface area contributed by atoms with E-state index in [9.17, 15) is 23.3 Å². The zero-order chi connectivity index (χ0) is 19.8. The molecule has 0 aliphatic heterocycles. The zero-order valence-corrected chi connectivity index (χ0v) is 14.3. The molecule has 0 saturated heterocycles. The number of hydrogen-bond donors (Lipinski definition) is 1. The van der Waals surface area contributed by atoms with Gasteiger partial charge in [-0.1, -0.05) is 6.07 Å². The van der Waals surface area contributed by atoms with Gasteiger partial charge in [0.2, 0.25) is 0 Å². The third kappa shape index (κ3) is 3.48. The van der Waals surface area contributed by atoms with E-state index in [1.165, 1.54) is 31.5 Å². The molecule has 0 aliphatic rings. The first kappa shape index (κ1) is 18.4. The topological polar surface area (TPSA) is 77.3 Å². The van der Waals surface area contributed by atoms with E-state index in [-0.39, 0.29) is 22.6 Å². The second-order valence-electron chi connectivity index (χ2n) is 5.79. The van der Waals surface area contributed by atoms with Gasteiger partial charge in [0.1, 0.15) is 5.75 Å². The van der Waals surface area contributed by atoms with Crippen LogP contribution in [0.2, 0.25) is 0 Å². The Labute approximate surface area is 151 Å². The monoisotopic (exact) mass is 377 g/mol. The van der Waals surface area contributed by atoms with Gasteiger partial charge in [-0.3, -0.25) is 10.1 Å². The maximum atomic E-state index is 13.0. The summed E-state index contributed by atoms with van der Waals surface area (Å²) in [5.41, 5.74) is 0.198. The van der Waals surface area contributed by atoms with E-state index < -0.39 is 16.7 Å². The summed E-state index contributed by atoms with van der Waals surface area (Å²) < 4.78 is 44.2. The normalized spacial score (nSPS) is 11.4. The second-order valence-corrected chi connectivity index (χ2v) is 5.79. The first-order chi connectivity index (χ1) is 12.7. The van der Waals surface area contributed by atoms with Crippen molar-refractivity contribution in [3.05, 3.63) is 63.8 Å². The van der Waals surface area contributed by atoms with Crippen LogP contribution in [0.15, 0.2) is 42.6 Å². The number of aromatic nitrogens is 1. The molecule has 0 atom stereocenters. The summed E-state index contributed by atoms with van der Waals surface area (Å²) in [7, 11) is 1.33. The minimum atomic E-state index is -4.49. The van der Waals surface area contributed by atoms with Crippen LogP contribution in [-0.2, 0) is 6.18 Å². The molecular weight excluding hydrogens is 363 g/mol. The number of benzene rings is 2. The molecule has 2 aromatic carbocycles. The third-order valence-corrected chi connectivity index (χ3v) is 4.04. The summed E-state index contributed by atoms with van der Waals surface area (Å²) in [4.78, 5) is 14.9. The Balaban J connectivity index is 2.23. The van der Waals surface area contributed by atoms with Gasteiger partial charge < -0.3 is 10.1 Å². The van der Waals surface area contributed by atoms with Gasteiger partial charge in [-0.25, -0.2) is 4.98 Å². The van der Waals surface area contributed by atoms with Gasteiger partial charge in [0.25, 0.3) is 5.69 Å². The van der Waals surface area contributed by atoms with Crippen LogP contribution in [0.1, 0.15) is 11.1 Å². The molecule has 27 heavy (non-hydrogen) atoms. The number of nitrogens with one attached hydrogen (secondary N) is 1. The van der Waals surface area contributed by atoms with Gasteiger partial charge in [-0.15, -0.1) is 0 Å². The summed E-state index contributed by atoms with van der Waals surface area (Å²) in [6.45, 7) is 1.73. The van der Waals surface area contributed by atoms with Gasteiger partial charge >= 0.3 is 6.18 Å². The average molecular weight is 377 g/mol. The molecule has 3 aromatic rings. The lowest BCUT2D eigenvalue weighted by Crippen LogP contribution is -2.06. The Morgan fingerprint density at radius 3 is 2.59 bits per heavy atom. The van der Waals surface area contributed by atoms with Crippen molar-refractivity contribution in [1.29, 1.82) is 0 Å². The highest BCUT2D eigenvalue weighted by molar-refractivity contribution is 6.03. The Kier molecular flexibility index (Phi) is 4.61. The molecule has 0 fully saturated rings. The van der Waals surface area contributed by atoms with Gasteiger partial charge in [-0.2, -0.15) is 13.2 Å². The predicted octanol–water partition coefficient (Wildman–Crippen LogP) is 5.22. The van der Waals surface area contributed by atoms with Gasteiger partial charge in [0, 0.05) is 17.3 Å². The van der Waals surface area contributed by atoms with Crippen molar-refractivity contribution < 1.29 is 22.8 Å². The van der Waals surface area contributed by atoms with Crippen molar-refractivity contribution in [3.63, 3.8) is 0 Å². The standard InChI is InChI=1S/C18H14F3N3O3/c1-10-6-7-22-16-13(24(25)26)9-14(27-2)17(15(10)16)23-12-5-3-4-11(8-12)18(19,20)21/h3-9,23H,1-2H3. The predicted molar refractivity (Wildman–Crippen MR) is 94.4 cm³/mol. The first-order valence-electron chi connectivity index (χ1n) is 7.77. The molecule has 6 nitrogen and oxygen atoms in total. The number of nitro benzene ring substituents is 1. The highest BCUT2D eigenvalue weighted by Gasteiger charge is 2.30. The zero-order valence-electron chi connectivity index (χ0n) is 14.3. The molecule has 9 heteroatoms. The van der Waals surface area contributed by atoms with E-state index in [4.69, 9.17) is 4.74 Å². The number of rotatable bonds is 4. The number of methoxy groups -OCH3 is 1. The van der Waals surface area contributed by atoms with Crippen LogP contribution in [0.25, 0.3) is 10.9 Å². The van der Waals surface area contributed by atoms with Crippen LogP contribution in [0.5, 0.6) is 5.75 Å². The van der Waals surface area contributed by atoms with Gasteiger partial charge in [-0.05, 0) is 36.8 Å². The molecule has 1 heterocycles. The molecule has 1 aromatic heterocycles. The summed E-state index contributed by atoms with van der Waals surface area (Å²) in [5, 5.41) is 14.7. The van der Waals surface area contributed by atoms with Crippen molar-refractivity contribution in [2.75, 3.05) is 12.4 Å². The highest BCUT2D eigenvalue weighted by Crippen LogP contribution is 2.42. The van der Waals surface area contributed by atoms with Gasteiger partial charge in [0.15, 0.2) is 5.52 Å². The number of ether oxygens (including phenoxy) is 1. The number of fused-ring (bicyclic) bond motifs is 1. The van der Waals surface area contributed by atoms with Crippen LogP contribution in [0.4, 0.5) is 30.2 Å². The number of alkyl halides is 3. The Morgan fingerprint density at radius 2 is 1.96 bits per heavy atom. The molecule has 140 valence electrons. The molecule has 0 bridgehead atoms. The fourth-order valence-corrected chi connectivity index (χ4v) is 2.80. The number of halogens is 3. The summed E-state index contributed by atoms with van der Waals surface area (Å²) in [6, 6.07) is 7.51. The number of anilines is 2. The van der Waals surface area contributed by atoms with Crippen molar-refractivity contribution >= 4 is 28.0 Å². The average Bonchev–Trinajstić information content (AvgIpc) is 2.61. The molecule has 0 unspecified atom stereocenters. The van der Waals surface area contributed by atoms with Crippen molar-refractivity contribution in [1.82, 2.24) is 4.98 Å². The number of pyridine rings is 1. The van der Waals surface area contributed by atoms with E-state index in [1.54, 1.807) is 13.0 Å². The van der Waals surface area contributed by atoms with Crippen LogP contribution in [0.3, 0.4) is 0 Å². The number of aryl methyl sites for hydroxylation is 1. The first-order valence-corrected chi connectivity index (χ1v) is 7.77. The minimum Gasteiger partial charge on any atom is -0.494 e. The summed E-state index contributed by atoms with van der Waals surface area (Å²) >= 11 is 0. The van der Waals surface area contributed by atoms with Crippen LogP contribution in [0, 0.1) is 17.0 Å². The molecule has 0 spiro atoms. The quantitative estimate of drug-likeness (QED) is 0.498. The molecule has 0 radical (unpaired) electrons. The molecule has 0 saturated carbocycles. The van der Waals surface area contributed by atoms with E-state index in [0.29, 0.717) is 16.6 Å². The van der Waals surface area contributed by atoms with E-state index in [2.05, 4.69) is 10.3 Å². The van der Waals surface area contributed by atoms with Crippen molar-refractivity contribution in [2.24, 2.45) is 0 Å². The molecule has 1 N–H and O–H groups in total. The lowest BCUT2D eigenvalue weighted by atomic mass is 10.1. The van der Waals surface area contributed by atoms with Crippen LogP contribution in [-0.4, -0.2) is 17.0 Å².